The molecule has 25 heavy (non-hydrogen) atoms. The summed E-state index contributed by atoms with van der Waals surface area (Å²) in [7, 11) is 2.03. The van der Waals surface area contributed by atoms with Crippen LogP contribution in [0.2, 0.25) is 0 Å². The Bertz CT molecular complexity index is 860. The monoisotopic (exact) mass is 354 g/mol. The van der Waals surface area contributed by atoms with Crippen molar-refractivity contribution in [2.24, 2.45) is 0 Å². The maximum absolute atomic E-state index is 12.4. The number of thiazole rings is 1. The smallest absolute Gasteiger partial charge is 0.279 e. The average molecular weight is 354 g/mol. The molecule has 5 heteroatoms. The number of rotatable bonds is 5. The van der Waals surface area contributed by atoms with Gasteiger partial charge in [-0.05, 0) is 44.0 Å². The standard InChI is InChI=1S/C20H23N3OS/c1-13-9-14(2)20(15(3)10-13)22-18(24)11-23(4)12-19-21-16-7-5-6-8-17(16)25-19/h5-10H,11-12H2,1-4H3,(H,22,24)/p+1. The molecule has 0 saturated heterocycles. The molecule has 0 aliphatic heterocycles. The average Bonchev–Trinajstić information content (AvgIpc) is 2.92. The number of anilines is 1. The van der Waals surface area contributed by atoms with Crippen LogP contribution in [0.3, 0.4) is 0 Å². The van der Waals surface area contributed by atoms with Crippen LogP contribution < -0.4 is 10.2 Å². The molecule has 1 amide bonds. The second-order valence-electron chi connectivity index (χ2n) is 6.71. The van der Waals surface area contributed by atoms with E-state index in [0.29, 0.717) is 6.54 Å². The molecular formula is C20H24N3OS+. The molecule has 0 radical (unpaired) electrons. The van der Waals surface area contributed by atoms with Gasteiger partial charge >= 0.3 is 0 Å². The van der Waals surface area contributed by atoms with Crippen LogP contribution in [0.15, 0.2) is 36.4 Å². The van der Waals surface area contributed by atoms with Crippen molar-refractivity contribution in [3.05, 3.63) is 58.1 Å². The van der Waals surface area contributed by atoms with Crippen LogP contribution in [0.25, 0.3) is 10.2 Å². The number of aromatic nitrogens is 1. The first-order valence-corrected chi connectivity index (χ1v) is 9.27. The maximum atomic E-state index is 12.4. The molecule has 3 rings (SSSR count). The summed E-state index contributed by atoms with van der Waals surface area (Å²) in [5.41, 5.74) is 5.39. The number of hydrogen-bond donors (Lipinski definition) is 2. The Balaban J connectivity index is 1.62. The normalized spacial score (nSPS) is 12.3. The number of aryl methyl sites for hydroxylation is 3. The van der Waals surface area contributed by atoms with E-state index in [1.807, 2.05) is 39.1 Å². The molecule has 1 aromatic heterocycles. The Labute approximate surface area is 152 Å². The molecule has 130 valence electrons. The minimum Gasteiger partial charge on any atom is -0.324 e. The van der Waals surface area contributed by atoms with Crippen LogP contribution in [0.1, 0.15) is 21.7 Å². The van der Waals surface area contributed by atoms with E-state index in [2.05, 4.69) is 35.4 Å². The lowest BCUT2D eigenvalue weighted by Gasteiger charge is -2.15. The van der Waals surface area contributed by atoms with E-state index in [9.17, 15) is 4.79 Å². The molecular weight excluding hydrogens is 330 g/mol. The number of likely N-dealkylation sites (N-methyl/N-ethyl adjacent to an activating group) is 1. The van der Waals surface area contributed by atoms with E-state index in [4.69, 9.17) is 0 Å². The second kappa shape index (κ2) is 7.33. The molecule has 0 spiro atoms. The van der Waals surface area contributed by atoms with Crippen molar-refractivity contribution in [3.63, 3.8) is 0 Å². The zero-order valence-electron chi connectivity index (χ0n) is 15.1. The van der Waals surface area contributed by atoms with Crippen molar-refractivity contribution in [1.82, 2.24) is 4.98 Å². The van der Waals surface area contributed by atoms with E-state index in [-0.39, 0.29) is 5.91 Å². The number of amides is 1. The second-order valence-corrected chi connectivity index (χ2v) is 7.82. The van der Waals surface area contributed by atoms with Crippen molar-refractivity contribution < 1.29 is 9.69 Å². The van der Waals surface area contributed by atoms with Gasteiger partial charge in [-0.25, -0.2) is 4.98 Å². The fraction of sp³-hybridized carbons (Fsp3) is 0.300. The molecule has 2 aromatic carbocycles. The van der Waals surface area contributed by atoms with Crippen molar-refractivity contribution in [2.75, 3.05) is 18.9 Å². The van der Waals surface area contributed by atoms with Crippen molar-refractivity contribution in [1.29, 1.82) is 0 Å². The van der Waals surface area contributed by atoms with Crippen LogP contribution in [0.5, 0.6) is 0 Å². The first-order chi connectivity index (χ1) is 11.9. The minimum atomic E-state index is 0.0358. The lowest BCUT2D eigenvalue weighted by molar-refractivity contribution is -0.885. The number of nitrogens with zero attached hydrogens (tertiary/aromatic N) is 1. The van der Waals surface area contributed by atoms with Gasteiger partial charge in [0.15, 0.2) is 6.54 Å². The van der Waals surface area contributed by atoms with E-state index in [0.717, 1.165) is 38.8 Å². The number of nitrogens with one attached hydrogen (secondary N) is 2. The minimum absolute atomic E-state index is 0.0358. The predicted octanol–water partition coefficient (Wildman–Crippen LogP) is 2.87. The van der Waals surface area contributed by atoms with Crippen LogP contribution >= 0.6 is 11.3 Å². The quantitative estimate of drug-likeness (QED) is 0.740. The molecule has 2 N–H and O–H groups in total. The third kappa shape index (κ3) is 4.24. The number of benzene rings is 2. The van der Waals surface area contributed by atoms with Crippen LogP contribution in [0.4, 0.5) is 5.69 Å². The van der Waals surface area contributed by atoms with Crippen molar-refractivity contribution in [2.45, 2.75) is 27.3 Å². The fourth-order valence-corrected chi connectivity index (χ4v) is 4.23. The molecule has 0 aliphatic rings. The number of quaternary nitrogens is 1. The van der Waals surface area contributed by atoms with E-state index in [1.165, 1.54) is 10.3 Å². The van der Waals surface area contributed by atoms with E-state index >= 15 is 0 Å². The summed E-state index contributed by atoms with van der Waals surface area (Å²) in [6.45, 7) is 7.31. The number of para-hydroxylation sites is 1. The van der Waals surface area contributed by atoms with Gasteiger partial charge in [0.25, 0.3) is 5.91 Å². The summed E-state index contributed by atoms with van der Waals surface area (Å²) >= 11 is 1.70. The topological polar surface area (TPSA) is 46.4 Å². The Morgan fingerprint density at radius 3 is 2.52 bits per heavy atom. The van der Waals surface area contributed by atoms with E-state index in [1.54, 1.807) is 11.3 Å². The van der Waals surface area contributed by atoms with Crippen molar-refractivity contribution in [3.8, 4) is 0 Å². The van der Waals surface area contributed by atoms with Gasteiger partial charge in [-0.2, -0.15) is 0 Å². The van der Waals surface area contributed by atoms with Crippen molar-refractivity contribution >= 4 is 33.1 Å². The van der Waals surface area contributed by atoms with Gasteiger partial charge in [-0.3, -0.25) is 4.79 Å². The van der Waals surface area contributed by atoms with Gasteiger partial charge in [0, 0.05) is 5.69 Å². The third-order valence-corrected chi connectivity index (χ3v) is 5.23. The summed E-state index contributed by atoms with van der Waals surface area (Å²) in [5.74, 6) is 0.0358. The van der Waals surface area contributed by atoms with Gasteiger partial charge in [0.1, 0.15) is 11.6 Å². The van der Waals surface area contributed by atoms with Gasteiger partial charge in [0.05, 0.1) is 17.3 Å². The zero-order chi connectivity index (χ0) is 18.0. The number of fused-ring (bicyclic) bond motifs is 1. The number of carbonyl (C=O) groups excluding carboxylic acids is 1. The summed E-state index contributed by atoms with van der Waals surface area (Å²) in [6.07, 6.45) is 0. The fourth-order valence-electron chi connectivity index (χ4n) is 3.15. The highest BCUT2D eigenvalue weighted by Crippen LogP contribution is 2.22. The summed E-state index contributed by atoms with van der Waals surface area (Å²) < 4.78 is 1.20. The largest absolute Gasteiger partial charge is 0.324 e. The highest BCUT2D eigenvalue weighted by molar-refractivity contribution is 7.18. The van der Waals surface area contributed by atoms with Gasteiger partial charge < -0.3 is 10.2 Å². The Morgan fingerprint density at radius 2 is 1.84 bits per heavy atom. The molecule has 0 saturated carbocycles. The third-order valence-electron chi connectivity index (χ3n) is 4.19. The van der Waals surface area contributed by atoms with Gasteiger partial charge in [-0.1, -0.05) is 29.8 Å². The molecule has 0 bridgehead atoms. The summed E-state index contributed by atoms with van der Waals surface area (Å²) in [4.78, 5) is 18.2. The molecule has 1 unspecified atom stereocenters. The first kappa shape index (κ1) is 17.6. The van der Waals surface area contributed by atoms with Gasteiger partial charge in [0.2, 0.25) is 0 Å². The Hall–Kier alpha value is -2.24. The Kier molecular flexibility index (Phi) is 5.16. The summed E-state index contributed by atoms with van der Waals surface area (Å²) in [6, 6.07) is 12.3. The number of carbonyl (C=O) groups is 1. The lowest BCUT2D eigenvalue weighted by Crippen LogP contribution is -3.08. The van der Waals surface area contributed by atoms with Crippen LogP contribution in [-0.4, -0.2) is 24.5 Å². The maximum Gasteiger partial charge on any atom is 0.279 e. The molecule has 0 fully saturated rings. The predicted molar refractivity (Wildman–Crippen MR) is 104 cm³/mol. The van der Waals surface area contributed by atoms with Crippen LogP contribution in [-0.2, 0) is 11.3 Å². The Morgan fingerprint density at radius 1 is 1.16 bits per heavy atom. The lowest BCUT2D eigenvalue weighted by atomic mass is 10.1. The molecule has 0 aliphatic carbocycles. The molecule has 1 atom stereocenters. The highest BCUT2D eigenvalue weighted by atomic mass is 32.1. The molecule has 4 nitrogen and oxygen atoms in total. The van der Waals surface area contributed by atoms with E-state index < -0.39 is 0 Å². The number of hydrogen-bond acceptors (Lipinski definition) is 3. The first-order valence-electron chi connectivity index (χ1n) is 8.46. The summed E-state index contributed by atoms with van der Waals surface area (Å²) in [5, 5.41) is 4.14. The van der Waals surface area contributed by atoms with Crippen LogP contribution in [0, 0.1) is 20.8 Å². The van der Waals surface area contributed by atoms with Gasteiger partial charge in [-0.15, -0.1) is 11.3 Å². The zero-order valence-corrected chi connectivity index (χ0v) is 16.0. The highest BCUT2D eigenvalue weighted by Gasteiger charge is 2.15. The SMILES string of the molecule is Cc1cc(C)c(NC(=O)C[NH+](C)Cc2nc3ccccc3s2)c(C)c1. The molecule has 3 aromatic rings. The molecule has 1 heterocycles.